The number of phenolic OH excluding ortho intramolecular Hbond substituents is 1. The highest BCUT2D eigenvalue weighted by Crippen LogP contribution is 2.25. The summed E-state index contributed by atoms with van der Waals surface area (Å²) in [6.07, 6.45) is 0. The van der Waals surface area contributed by atoms with Crippen LogP contribution in [0, 0.1) is 6.92 Å². The lowest BCUT2D eigenvalue weighted by Gasteiger charge is -2.07. The zero-order valence-corrected chi connectivity index (χ0v) is 7.37. The number of benzene rings is 1. The Hall–Kier alpha value is -1.71. The predicted molar refractivity (Wildman–Crippen MR) is 50.5 cm³/mol. The van der Waals surface area contributed by atoms with E-state index in [1.54, 1.807) is 25.1 Å². The summed E-state index contributed by atoms with van der Waals surface area (Å²) in [5.41, 5.74) is 6.23. The van der Waals surface area contributed by atoms with Crippen molar-refractivity contribution in [2.24, 2.45) is 5.73 Å². The molecule has 0 bridgehead atoms. The Morgan fingerprint density at radius 3 is 2.92 bits per heavy atom. The predicted octanol–water partition coefficient (Wildman–Crippen LogP) is 0.598. The summed E-state index contributed by atoms with van der Waals surface area (Å²) in [6, 6.07) is 5.26. The fraction of sp³-hybridized carbons (Fsp3) is 0.222. The second-order valence-electron chi connectivity index (χ2n) is 2.79. The average molecular weight is 180 g/mol. The first kappa shape index (κ1) is 9.38. The van der Waals surface area contributed by atoms with Gasteiger partial charge in [-0.2, -0.15) is 0 Å². The number of amides is 1. The molecule has 0 aliphatic carbocycles. The van der Waals surface area contributed by atoms with E-state index in [1.165, 1.54) is 0 Å². The molecular weight excluding hydrogens is 168 g/mol. The largest absolute Gasteiger partial charge is 0.506 e. The molecule has 4 nitrogen and oxygen atoms in total. The van der Waals surface area contributed by atoms with Crippen molar-refractivity contribution in [2.45, 2.75) is 6.92 Å². The molecule has 0 saturated heterocycles. The van der Waals surface area contributed by atoms with Crippen molar-refractivity contribution in [1.82, 2.24) is 0 Å². The van der Waals surface area contributed by atoms with Gasteiger partial charge in [0.25, 0.3) is 0 Å². The number of carbonyl (C=O) groups is 1. The number of hydrogen-bond donors (Lipinski definition) is 3. The van der Waals surface area contributed by atoms with E-state index in [2.05, 4.69) is 5.32 Å². The Labute approximate surface area is 76.4 Å². The third kappa shape index (κ3) is 2.37. The molecular formula is C9H12N2O2. The number of aromatic hydroxyl groups is 1. The van der Waals surface area contributed by atoms with Crippen LogP contribution in [-0.2, 0) is 4.79 Å². The maximum Gasteiger partial charge on any atom is 0.236 e. The van der Waals surface area contributed by atoms with Crippen molar-refractivity contribution in [2.75, 3.05) is 11.9 Å². The second-order valence-corrected chi connectivity index (χ2v) is 2.79. The zero-order valence-electron chi connectivity index (χ0n) is 7.37. The Kier molecular flexibility index (Phi) is 2.74. The maximum absolute atomic E-state index is 10.4. The number of hydrogen-bond acceptors (Lipinski definition) is 3. The van der Waals surface area contributed by atoms with Gasteiger partial charge in [0, 0.05) is 0 Å². The van der Waals surface area contributed by atoms with Gasteiger partial charge in [-0.3, -0.25) is 4.79 Å². The summed E-state index contributed by atoms with van der Waals surface area (Å²) < 4.78 is 0. The highest BCUT2D eigenvalue weighted by Gasteiger charge is 2.03. The Bertz CT molecular complexity index is 323. The van der Waals surface area contributed by atoms with Gasteiger partial charge < -0.3 is 16.2 Å². The molecule has 70 valence electrons. The van der Waals surface area contributed by atoms with Gasteiger partial charge in [-0.05, 0) is 18.6 Å². The Morgan fingerprint density at radius 1 is 1.62 bits per heavy atom. The number of nitrogens with two attached hydrogens (primary N) is 1. The summed E-state index contributed by atoms with van der Waals surface area (Å²) in [5, 5.41) is 12.2. The number of anilines is 1. The number of phenols is 1. The molecule has 0 fully saturated rings. The van der Waals surface area contributed by atoms with Crippen LogP contribution in [0.2, 0.25) is 0 Å². The van der Waals surface area contributed by atoms with Gasteiger partial charge in [0.2, 0.25) is 5.91 Å². The first-order valence-corrected chi connectivity index (χ1v) is 3.92. The molecule has 1 rings (SSSR count). The number of carbonyl (C=O) groups excluding carboxylic acids is 1. The average Bonchev–Trinajstić information content (AvgIpc) is 2.07. The Balaban J connectivity index is 2.77. The van der Waals surface area contributed by atoms with E-state index in [0.717, 1.165) is 5.56 Å². The Morgan fingerprint density at radius 2 is 2.31 bits per heavy atom. The van der Waals surface area contributed by atoms with E-state index in [1.807, 2.05) is 0 Å². The SMILES string of the molecule is Cc1cccc(NCC(N)=O)c1O. The standard InChI is InChI=1S/C9H12N2O2/c1-6-3-2-4-7(9(6)13)11-5-8(10)12/h2-4,11,13H,5H2,1H3,(H2,10,12). The van der Waals surface area contributed by atoms with Gasteiger partial charge in [-0.25, -0.2) is 0 Å². The summed E-state index contributed by atoms with van der Waals surface area (Å²) >= 11 is 0. The molecule has 0 aliphatic rings. The van der Waals surface area contributed by atoms with Gasteiger partial charge in [0.15, 0.2) is 0 Å². The molecule has 13 heavy (non-hydrogen) atoms. The molecule has 0 atom stereocenters. The number of nitrogens with one attached hydrogen (secondary N) is 1. The molecule has 0 saturated carbocycles. The van der Waals surface area contributed by atoms with E-state index in [4.69, 9.17) is 5.73 Å². The van der Waals surface area contributed by atoms with Crippen LogP contribution in [-0.4, -0.2) is 17.6 Å². The van der Waals surface area contributed by atoms with Gasteiger partial charge in [0.05, 0.1) is 12.2 Å². The number of rotatable bonds is 3. The quantitative estimate of drug-likeness (QED) is 0.596. The van der Waals surface area contributed by atoms with Crippen molar-refractivity contribution in [3.05, 3.63) is 23.8 Å². The van der Waals surface area contributed by atoms with Crippen LogP contribution in [0.5, 0.6) is 5.75 Å². The fourth-order valence-electron chi connectivity index (χ4n) is 0.984. The minimum absolute atomic E-state index is 0.0248. The molecule has 1 aromatic rings. The van der Waals surface area contributed by atoms with Crippen LogP contribution in [0.25, 0.3) is 0 Å². The molecule has 0 radical (unpaired) electrons. The normalized spacial score (nSPS) is 9.62. The first-order valence-electron chi connectivity index (χ1n) is 3.92. The van der Waals surface area contributed by atoms with E-state index in [9.17, 15) is 9.90 Å². The molecule has 4 heteroatoms. The molecule has 0 heterocycles. The smallest absolute Gasteiger partial charge is 0.236 e. The second kappa shape index (κ2) is 3.80. The highest BCUT2D eigenvalue weighted by molar-refractivity contribution is 5.79. The summed E-state index contributed by atoms with van der Waals surface area (Å²) in [5.74, 6) is -0.301. The molecule has 0 aliphatic heterocycles. The van der Waals surface area contributed by atoms with Crippen molar-refractivity contribution >= 4 is 11.6 Å². The maximum atomic E-state index is 10.4. The molecule has 0 unspecified atom stereocenters. The lowest BCUT2D eigenvalue weighted by Crippen LogP contribution is -2.21. The third-order valence-corrected chi connectivity index (χ3v) is 1.69. The topological polar surface area (TPSA) is 75.3 Å². The van der Waals surface area contributed by atoms with Crippen molar-refractivity contribution < 1.29 is 9.90 Å². The van der Waals surface area contributed by atoms with Gasteiger partial charge in [-0.1, -0.05) is 12.1 Å². The van der Waals surface area contributed by atoms with Gasteiger partial charge in [-0.15, -0.1) is 0 Å². The number of para-hydroxylation sites is 1. The van der Waals surface area contributed by atoms with Gasteiger partial charge >= 0.3 is 0 Å². The third-order valence-electron chi connectivity index (χ3n) is 1.69. The van der Waals surface area contributed by atoms with Gasteiger partial charge in [0.1, 0.15) is 5.75 Å². The summed E-state index contributed by atoms with van der Waals surface area (Å²) in [4.78, 5) is 10.4. The van der Waals surface area contributed by atoms with E-state index in [-0.39, 0.29) is 12.3 Å². The fourth-order valence-corrected chi connectivity index (χ4v) is 0.984. The van der Waals surface area contributed by atoms with Crippen LogP contribution in [0.1, 0.15) is 5.56 Å². The zero-order chi connectivity index (χ0) is 9.84. The van der Waals surface area contributed by atoms with Crippen LogP contribution in [0.3, 0.4) is 0 Å². The van der Waals surface area contributed by atoms with E-state index < -0.39 is 5.91 Å². The summed E-state index contributed by atoms with van der Waals surface area (Å²) in [6.45, 7) is 1.81. The van der Waals surface area contributed by atoms with Crippen LogP contribution in [0.4, 0.5) is 5.69 Å². The molecule has 0 spiro atoms. The minimum Gasteiger partial charge on any atom is -0.506 e. The molecule has 1 amide bonds. The lowest BCUT2D eigenvalue weighted by molar-refractivity contribution is -0.116. The van der Waals surface area contributed by atoms with E-state index in [0.29, 0.717) is 5.69 Å². The summed E-state index contributed by atoms with van der Waals surface area (Å²) in [7, 11) is 0. The minimum atomic E-state index is -0.457. The molecule has 1 aromatic carbocycles. The van der Waals surface area contributed by atoms with Crippen molar-refractivity contribution in [1.29, 1.82) is 0 Å². The van der Waals surface area contributed by atoms with Crippen LogP contribution >= 0.6 is 0 Å². The highest BCUT2D eigenvalue weighted by atomic mass is 16.3. The molecule has 0 aromatic heterocycles. The monoisotopic (exact) mass is 180 g/mol. The van der Waals surface area contributed by atoms with Crippen LogP contribution in [0.15, 0.2) is 18.2 Å². The first-order chi connectivity index (χ1) is 6.11. The lowest BCUT2D eigenvalue weighted by atomic mass is 10.2. The number of primary amides is 1. The van der Waals surface area contributed by atoms with Crippen molar-refractivity contribution in [3.63, 3.8) is 0 Å². The van der Waals surface area contributed by atoms with Crippen LogP contribution < -0.4 is 11.1 Å². The molecule has 4 N–H and O–H groups in total. The number of aryl methyl sites for hydroxylation is 1. The van der Waals surface area contributed by atoms with E-state index >= 15 is 0 Å². The van der Waals surface area contributed by atoms with Crippen molar-refractivity contribution in [3.8, 4) is 5.75 Å².